The van der Waals surface area contributed by atoms with Crippen LogP contribution in [0.1, 0.15) is 26.7 Å². The lowest BCUT2D eigenvalue weighted by molar-refractivity contribution is 0.490. The summed E-state index contributed by atoms with van der Waals surface area (Å²) in [5.41, 5.74) is 0.735. The van der Waals surface area contributed by atoms with Crippen molar-refractivity contribution < 1.29 is 0 Å². The molecule has 0 aromatic carbocycles. The van der Waals surface area contributed by atoms with E-state index in [1.54, 1.807) is 16.9 Å². The predicted octanol–water partition coefficient (Wildman–Crippen LogP) is 1.12. The summed E-state index contributed by atoms with van der Waals surface area (Å²) in [4.78, 5) is 4.12. The van der Waals surface area contributed by atoms with E-state index in [0.29, 0.717) is 5.65 Å². The fraction of sp³-hybridized carbons (Fsp3) is 0.600. The molecule has 2 aromatic heterocycles. The van der Waals surface area contributed by atoms with Crippen molar-refractivity contribution in [3.63, 3.8) is 0 Å². The van der Waals surface area contributed by atoms with Crippen LogP contribution in [0.15, 0.2) is 12.4 Å². The van der Waals surface area contributed by atoms with Gasteiger partial charge in [0.15, 0.2) is 11.5 Å². The molecule has 1 aliphatic rings. The van der Waals surface area contributed by atoms with Crippen LogP contribution >= 0.6 is 0 Å². The second kappa shape index (κ2) is 3.13. The van der Waals surface area contributed by atoms with Crippen LogP contribution in [-0.4, -0.2) is 30.6 Å². The number of hydrogen-bond donors (Lipinski definition) is 1. The van der Waals surface area contributed by atoms with E-state index in [1.807, 2.05) is 0 Å². The maximum absolute atomic E-state index is 4.12. The monoisotopic (exact) mass is 218 g/mol. The third-order valence-corrected chi connectivity index (χ3v) is 3.16. The smallest absolute Gasteiger partial charge is 0.199 e. The molecule has 0 atom stereocenters. The Morgan fingerprint density at radius 1 is 1.38 bits per heavy atom. The van der Waals surface area contributed by atoms with E-state index in [2.05, 4.69) is 39.7 Å². The number of hydrogen-bond acceptors (Lipinski definition) is 5. The molecule has 2 heterocycles. The summed E-state index contributed by atoms with van der Waals surface area (Å²) in [6.45, 7) is 4.40. The minimum absolute atomic E-state index is 0.0713. The van der Waals surface area contributed by atoms with Crippen molar-refractivity contribution in [2.24, 2.45) is 5.92 Å². The summed E-state index contributed by atoms with van der Waals surface area (Å²) < 4.78 is 1.68. The molecule has 1 N–H and O–H groups in total. The van der Waals surface area contributed by atoms with Crippen molar-refractivity contribution in [3.8, 4) is 0 Å². The van der Waals surface area contributed by atoms with Gasteiger partial charge in [-0.3, -0.25) is 4.98 Å². The Morgan fingerprint density at radius 2 is 2.19 bits per heavy atom. The number of fused-ring (bicyclic) bond motifs is 1. The lowest BCUT2D eigenvalue weighted by Crippen LogP contribution is -2.34. The van der Waals surface area contributed by atoms with E-state index in [-0.39, 0.29) is 5.54 Å². The van der Waals surface area contributed by atoms with E-state index in [9.17, 15) is 0 Å². The first-order valence-electron chi connectivity index (χ1n) is 5.47. The van der Waals surface area contributed by atoms with Crippen LogP contribution in [-0.2, 0) is 0 Å². The van der Waals surface area contributed by atoms with E-state index in [0.717, 1.165) is 11.7 Å². The van der Waals surface area contributed by atoms with Gasteiger partial charge in [0, 0.05) is 5.54 Å². The van der Waals surface area contributed by atoms with Crippen LogP contribution in [0.5, 0.6) is 0 Å². The first kappa shape index (κ1) is 9.50. The summed E-state index contributed by atoms with van der Waals surface area (Å²) in [7, 11) is 0. The largest absolute Gasteiger partial charge is 0.363 e. The predicted molar refractivity (Wildman–Crippen MR) is 59.0 cm³/mol. The summed E-state index contributed by atoms with van der Waals surface area (Å²) >= 11 is 0. The first-order chi connectivity index (χ1) is 7.67. The van der Waals surface area contributed by atoms with E-state index < -0.39 is 0 Å². The standard InChI is InChI=1S/C10H14N6/c1-10(2,7-3-4-7)12-8-5-11-6-9-13-14-15-16(8)9/h5-7,12H,3-4H2,1-2H3. The third-order valence-electron chi connectivity index (χ3n) is 3.16. The molecule has 0 radical (unpaired) electrons. The van der Waals surface area contributed by atoms with Gasteiger partial charge in [-0.25, -0.2) is 0 Å². The molecule has 0 spiro atoms. The van der Waals surface area contributed by atoms with Crippen molar-refractivity contribution in [2.45, 2.75) is 32.2 Å². The van der Waals surface area contributed by atoms with Crippen LogP contribution in [0.2, 0.25) is 0 Å². The van der Waals surface area contributed by atoms with Gasteiger partial charge >= 0.3 is 0 Å². The summed E-state index contributed by atoms with van der Waals surface area (Å²) in [5.74, 6) is 1.58. The molecule has 1 fully saturated rings. The zero-order valence-corrected chi connectivity index (χ0v) is 9.38. The Hall–Kier alpha value is -1.72. The molecule has 1 saturated carbocycles. The van der Waals surface area contributed by atoms with E-state index in [4.69, 9.17) is 0 Å². The first-order valence-corrected chi connectivity index (χ1v) is 5.47. The Kier molecular flexibility index (Phi) is 1.86. The molecule has 3 rings (SSSR count). The Balaban J connectivity index is 1.96. The topological polar surface area (TPSA) is 68.0 Å². The molecular weight excluding hydrogens is 204 g/mol. The highest BCUT2D eigenvalue weighted by molar-refractivity contribution is 5.45. The third kappa shape index (κ3) is 1.50. The van der Waals surface area contributed by atoms with Crippen molar-refractivity contribution in [2.75, 3.05) is 5.32 Å². The highest BCUT2D eigenvalue weighted by atomic mass is 15.5. The van der Waals surface area contributed by atoms with Gasteiger partial charge in [0.25, 0.3) is 0 Å². The van der Waals surface area contributed by atoms with Crippen LogP contribution in [0.25, 0.3) is 5.65 Å². The molecule has 2 aromatic rings. The Bertz CT molecular complexity index is 513. The lowest BCUT2D eigenvalue weighted by Gasteiger charge is -2.27. The Morgan fingerprint density at radius 3 is 2.94 bits per heavy atom. The molecule has 6 heteroatoms. The molecule has 84 valence electrons. The summed E-state index contributed by atoms with van der Waals surface area (Å²) in [5, 5.41) is 14.9. The molecule has 0 bridgehead atoms. The zero-order chi connectivity index (χ0) is 11.2. The zero-order valence-electron chi connectivity index (χ0n) is 9.38. The molecule has 1 aliphatic carbocycles. The normalized spacial score (nSPS) is 16.6. The fourth-order valence-electron chi connectivity index (χ4n) is 2.00. The molecule has 16 heavy (non-hydrogen) atoms. The average Bonchev–Trinajstić information content (AvgIpc) is 2.98. The maximum Gasteiger partial charge on any atom is 0.199 e. The van der Waals surface area contributed by atoms with Crippen molar-refractivity contribution in [1.29, 1.82) is 0 Å². The lowest BCUT2D eigenvalue weighted by atomic mass is 9.99. The molecule has 0 saturated heterocycles. The highest BCUT2D eigenvalue weighted by Gasteiger charge is 2.38. The quantitative estimate of drug-likeness (QED) is 0.836. The van der Waals surface area contributed by atoms with Crippen LogP contribution in [0, 0.1) is 5.92 Å². The van der Waals surface area contributed by atoms with Crippen LogP contribution in [0.4, 0.5) is 5.82 Å². The molecule has 0 aliphatic heterocycles. The van der Waals surface area contributed by atoms with Crippen molar-refractivity contribution in [3.05, 3.63) is 12.4 Å². The number of nitrogens with zero attached hydrogens (tertiary/aromatic N) is 5. The van der Waals surface area contributed by atoms with E-state index in [1.165, 1.54) is 12.8 Å². The molecule has 6 nitrogen and oxygen atoms in total. The summed E-state index contributed by atoms with van der Waals surface area (Å²) in [6, 6.07) is 0. The van der Waals surface area contributed by atoms with Crippen LogP contribution in [0.3, 0.4) is 0 Å². The van der Waals surface area contributed by atoms with E-state index >= 15 is 0 Å². The second-order valence-corrected chi connectivity index (χ2v) is 4.86. The number of rotatable bonds is 3. The second-order valence-electron chi connectivity index (χ2n) is 4.86. The highest BCUT2D eigenvalue weighted by Crippen LogP contribution is 2.40. The van der Waals surface area contributed by atoms with Gasteiger partial charge in [0.2, 0.25) is 0 Å². The SMILES string of the molecule is CC(C)(Nc1cncc2nnnn12)C1CC1. The maximum atomic E-state index is 4.12. The van der Waals surface area contributed by atoms with Gasteiger partial charge in [-0.2, -0.15) is 4.52 Å². The number of anilines is 1. The van der Waals surface area contributed by atoms with Gasteiger partial charge < -0.3 is 5.32 Å². The number of nitrogens with one attached hydrogen (secondary N) is 1. The Labute approximate surface area is 93.1 Å². The van der Waals surface area contributed by atoms with Gasteiger partial charge in [0.05, 0.1) is 12.4 Å². The number of tetrazole rings is 1. The van der Waals surface area contributed by atoms with Gasteiger partial charge in [-0.1, -0.05) is 0 Å². The minimum atomic E-state index is 0.0713. The minimum Gasteiger partial charge on any atom is -0.363 e. The molecule has 0 amide bonds. The fourth-order valence-corrected chi connectivity index (χ4v) is 2.00. The van der Waals surface area contributed by atoms with Crippen molar-refractivity contribution in [1.82, 2.24) is 25.0 Å². The number of aromatic nitrogens is 5. The average molecular weight is 218 g/mol. The van der Waals surface area contributed by atoms with Crippen molar-refractivity contribution >= 4 is 11.5 Å². The summed E-state index contributed by atoms with van der Waals surface area (Å²) in [6.07, 6.45) is 5.99. The molecular formula is C10H14N6. The van der Waals surface area contributed by atoms with Gasteiger partial charge in [0.1, 0.15) is 0 Å². The van der Waals surface area contributed by atoms with Gasteiger partial charge in [-0.05, 0) is 43.0 Å². The van der Waals surface area contributed by atoms with Gasteiger partial charge in [-0.15, -0.1) is 5.10 Å². The van der Waals surface area contributed by atoms with Crippen LogP contribution < -0.4 is 5.32 Å². The molecule has 0 unspecified atom stereocenters.